The highest BCUT2D eigenvalue weighted by Crippen LogP contribution is 2.75. The Kier molecular flexibility index (Phi) is 4.71. The second-order valence-electron chi connectivity index (χ2n) is 14.7. The van der Waals surface area contributed by atoms with Crippen molar-refractivity contribution in [2.45, 2.75) is 113 Å². The highest BCUT2D eigenvalue weighted by Gasteiger charge is 2.68. The molecule has 0 spiro atoms. The van der Waals surface area contributed by atoms with E-state index in [0.29, 0.717) is 29.0 Å². The van der Waals surface area contributed by atoms with E-state index in [1.807, 2.05) is 0 Å². The number of carbonyl (C=O) groups excluding carboxylic acids is 2. The van der Waals surface area contributed by atoms with Gasteiger partial charge in [0.05, 0.1) is 0 Å². The maximum atomic E-state index is 12.9. The molecule has 2 nitrogen and oxygen atoms in total. The summed E-state index contributed by atoms with van der Waals surface area (Å²) in [4.78, 5) is 25.4. The zero-order valence-corrected chi connectivity index (χ0v) is 21.8. The van der Waals surface area contributed by atoms with Crippen LogP contribution in [0.1, 0.15) is 113 Å². The largest absolute Gasteiger partial charge is 0.303 e. The molecule has 0 aromatic rings. The monoisotopic (exact) mass is 438 g/mol. The third kappa shape index (κ3) is 2.65. The van der Waals surface area contributed by atoms with Crippen LogP contribution < -0.4 is 0 Å². The Morgan fingerprint density at radius 3 is 2.25 bits per heavy atom. The third-order valence-corrected chi connectivity index (χ3v) is 12.7. The molecule has 0 aliphatic heterocycles. The van der Waals surface area contributed by atoms with Crippen molar-refractivity contribution in [3.8, 4) is 0 Å². The van der Waals surface area contributed by atoms with Crippen molar-refractivity contribution < 1.29 is 9.59 Å². The Bertz CT molecular complexity index is 879. The van der Waals surface area contributed by atoms with Crippen LogP contribution >= 0.6 is 0 Å². The summed E-state index contributed by atoms with van der Waals surface area (Å²) in [6.45, 7) is 17.0. The van der Waals surface area contributed by atoms with Crippen LogP contribution in [0.2, 0.25) is 0 Å². The number of rotatable bonds is 1. The molecule has 2 unspecified atom stereocenters. The maximum absolute atomic E-state index is 12.9. The molecule has 32 heavy (non-hydrogen) atoms. The lowest BCUT2D eigenvalue weighted by atomic mass is 9.33. The highest BCUT2D eigenvalue weighted by molar-refractivity contribution is 5.85. The van der Waals surface area contributed by atoms with Gasteiger partial charge < -0.3 is 4.79 Å². The fraction of sp³-hybridized carbons (Fsp3) is 0.867. The molecule has 0 heterocycles. The van der Waals surface area contributed by atoms with Crippen molar-refractivity contribution in [1.82, 2.24) is 0 Å². The molecule has 178 valence electrons. The Morgan fingerprint density at radius 1 is 0.875 bits per heavy atom. The van der Waals surface area contributed by atoms with Crippen molar-refractivity contribution in [3.05, 3.63) is 11.6 Å². The summed E-state index contributed by atoms with van der Waals surface area (Å²) in [6.07, 6.45) is 15.0. The number of Topliss-reactive ketones (excluding diaryl/α,β-unsaturated/α-hetero) is 1. The van der Waals surface area contributed by atoms with Gasteiger partial charge in [0.2, 0.25) is 0 Å². The van der Waals surface area contributed by atoms with Crippen LogP contribution in [0.15, 0.2) is 11.6 Å². The average molecular weight is 439 g/mol. The topological polar surface area (TPSA) is 34.1 Å². The molecule has 5 aliphatic carbocycles. The number of allylic oxidation sites excluding steroid dienone is 2. The van der Waals surface area contributed by atoms with E-state index in [1.54, 1.807) is 5.57 Å². The lowest BCUT2D eigenvalue weighted by Crippen LogP contribution is -2.64. The van der Waals surface area contributed by atoms with Crippen molar-refractivity contribution in [2.24, 2.45) is 50.2 Å². The zero-order valence-electron chi connectivity index (χ0n) is 21.8. The Balaban J connectivity index is 1.59. The van der Waals surface area contributed by atoms with E-state index >= 15 is 0 Å². The van der Waals surface area contributed by atoms with E-state index in [4.69, 9.17) is 0 Å². The molecular formula is C30H46O2. The second kappa shape index (κ2) is 6.60. The summed E-state index contributed by atoms with van der Waals surface area (Å²) < 4.78 is 0. The summed E-state index contributed by atoms with van der Waals surface area (Å²) in [7, 11) is 0. The molecule has 5 aliphatic rings. The quantitative estimate of drug-likeness (QED) is 0.313. The summed E-state index contributed by atoms with van der Waals surface area (Å²) in [6, 6.07) is 0. The van der Waals surface area contributed by atoms with E-state index in [2.05, 4.69) is 54.5 Å². The molecule has 2 heteroatoms. The van der Waals surface area contributed by atoms with Crippen LogP contribution in [-0.2, 0) is 9.59 Å². The van der Waals surface area contributed by atoms with E-state index in [9.17, 15) is 9.59 Å². The number of carbonyl (C=O) groups is 2. The van der Waals surface area contributed by atoms with E-state index in [0.717, 1.165) is 44.9 Å². The molecule has 0 aromatic heterocycles. The van der Waals surface area contributed by atoms with Crippen LogP contribution in [0.5, 0.6) is 0 Å². The van der Waals surface area contributed by atoms with Crippen molar-refractivity contribution in [3.63, 3.8) is 0 Å². The second-order valence-corrected chi connectivity index (χ2v) is 14.7. The van der Waals surface area contributed by atoms with Gasteiger partial charge in [0, 0.05) is 17.3 Å². The summed E-state index contributed by atoms with van der Waals surface area (Å²) in [5, 5.41) is 0. The molecule has 5 rings (SSSR count). The minimum Gasteiger partial charge on any atom is -0.303 e. The molecule has 0 aromatic carbocycles. The molecule has 4 fully saturated rings. The van der Waals surface area contributed by atoms with Crippen molar-refractivity contribution in [2.75, 3.05) is 0 Å². The van der Waals surface area contributed by atoms with Crippen molar-refractivity contribution in [1.29, 1.82) is 0 Å². The first-order chi connectivity index (χ1) is 14.8. The van der Waals surface area contributed by atoms with Gasteiger partial charge in [-0.1, -0.05) is 60.1 Å². The number of fused-ring (bicyclic) bond motifs is 7. The smallest absolute Gasteiger partial charge is 0.138 e. The number of hydrogen-bond acceptors (Lipinski definition) is 2. The van der Waals surface area contributed by atoms with E-state index < -0.39 is 0 Å². The lowest BCUT2D eigenvalue weighted by Gasteiger charge is -2.70. The summed E-state index contributed by atoms with van der Waals surface area (Å²) in [5.41, 5.74) is 2.34. The van der Waals surface area contributed by atoms with Crippen LogP contribution in [0.25, 0.3) is 0 Å². The van der Waals surface area contributed by atoms with Crippen LogP contribution in [0.4, 0.5) is 0 Å². The number of hydrogen-bond donors (Lipinski definition) is 0. The number of aldehydes is 1. The first-order valence-electron chi connectivity index (χ1n) is 13.5. The summed E-state index contributed by atoms with van der Waals surface area (Å²) in [5.74, 6) is 2.05. The average Bonchev–Trinajstić information content (AvgIpc) is 2.71. The predicted molar refractivity (Wildman–Crippen MR) is 130 cm³/mol. The molecular weight excluding hydrogens is 392 g/mol. The molecule has 0 radical (unpaired) electrons. The Hall–Kier alpha value is -0.920. The Labute approximate surface area is 196 Å². The zero-order chi connectivity index (χ0) is 23.4. The minimum atomic E-state index is -0.189. The van der Waals surface area contributed by atoms with Gasteiger partial charge in [-0.3, -0.25) is 4.79 Å². The van der Waals surface area contributed by atoms with Gasteiger partial charge in [-0.05, 0) is 97.2 Å². The highest BCUT2D eigenvalue weighted by atomic mass is 16.1. The van der Waals surface area contributed by atoms with Crippen LogP contribution in [0, 0.1) is 50.2 Å². The Morgan fingerprint density at radius 2 is 1.56 bits per heavy atom. The standard InChI is InChI=1S/C30H46O2/c1-25(2)14-16-30(19-31)17-15-28(6)20(21(30)18-25)8-9-23-27(5)12-11-24(32)26(3,4)22(27)10-13-29(23,28)7/h8,19,21-23H,9-18H2,1-7H3/t21-,22?,23?,27-,28+,29+,30+/m0/s1. The van der Waals surface area contributed by atoms with Crippen molar-refractivity contribution >= 4 is 12.1 Å². The van der Waals surface area contributed by atoms with Gasteiger partial charge in [-0.2, -0.15) is 0 Å². The summed E-state index contributed by atoms with van der Waals surface area (Å²) >= 11 is 0. The van der Waals surface area contributed by atoms with Crippen LogP contribution in [-0.4, -0.2) is 12.1 Å². The molecule has 0 amide bonds. The van der Waals surface area contributed by atoms with E-state index in [-0.39, 0.29) is 27.1 Å². The lowest BCUT2D eigenvalue weighted by molar-refractivity contribution is -0.184. The van der Waals surface area contributed by atoms with E-state index in [1.165, 1.54) is 25.5 Å². The molecule has 0 bridgehead atoms. The molecule has 4 saturated carbocycles. The van der Waals surface area contributed by atoms with Gasteiger partial charge in [-0.25, -0.2) is 0 Å². The minimum absolute atomic E-state index is 0.121. The first kappa shape index (κ1) is 22.9. The third-order valence-electron chi connectivity index (χ3n) is 12.7. The number of ketones is 1. The van der Waals surface area contributed by atoms with Gasteiger partial charge in [0.1, 0.15) is 12.1 Å². The molecule has 7 atom stereocenters. The normalized spacial score (nSPS) is 51.4. The van der Waals surface area contributed by atoms with Gasteiger partial charge in [-0.15, -0.1) is 0 Å². The fourth-order valence-electron chi connectivity index (χ4n) is 10.3. The SMILES string of the molecule is CC1(C)CC[C@]2(C=O)CC[C@]3(C)C(=CCC4[C@@]5(C)CCC(=O)C(C)(C)C5CC[C@]43C)[C@@H]2C1. The maximum Gasteiger partial charge on any atom is 0.138 e. The molecule has 0 saturated heterocycles. The molecule has 0 N–H and O–H groups in total. The van der Waals surface area contributed by atoms with Crippen LogP contribution in [0.3, 0.4) is 0 Å². The van der Waals surface area contributed by atoms with Gasteiger partial charge in [0.15, 0.2) is 0 Å². The van der Waals surface area contributed by atoms with Gasteiger partial charge in [0.25, 0.3) is 0 Å². The first-order valence-corrected chi connectivity index (χ1v) is 13.5. The van der Waals surface area contributed by atoms with Gasteiger partial charge >= 0.3 is 0 Å². The predicted octanol–water partition coefficient (Wildman–Crippen LogP) is 7.56. The fourth-order valence-corrected chi connectivity index (χ4v) is 10.3.